The van der Waals surface area contributed by atoms with Crippen LogP contribution in [0.2, 0.25) is 0 Å². The fourth-order valence-corrected chi connectivity index (χ4v) is 1.89. The van der Waals surface area contributed by atoms with Crippen molar-refractivity contribution in [2.45, 2.75) is 32.7 Å². The van der Waals surface area contributed by atoms with Crippen LogP contribution in [-0.4, -0.2) is 49.2 Å². The van der Waals surface area contributed by atoms with Gasteiger partial charge in [-0.3, -0.25) is 14.5 Å². The highest BCUT2D eigenvalue weighted by Gasteiger charge is 2.33. The molecule has 0 amide bonds. The van der Waals surface area contributed by atoms with Gasteiger partial charge in [0, 0.05) is 0 Å². The van der Waals surface area contributed by atoms with Crippen LogP contribution >= 0.6 is 0 Å². The second-order valence-electron chi connectivity index (χ2n) is 3.69. The fraction of sp³-hybridized carbons (Fsp3) is 0.818. The molecule has 0 aromatic rings. The zero-order valence-corrected chi connectivity index (χ0v) is 9.90. The Morgan fingerprint density at radius 3 is 2.56 bits per heavy atom. The first-order valence-corrected chi connectivity index (χ1v) is 5.75. The van der Waals surface area contributed by atoms with Crippen molar-refractivity contribution in [2.75, 3.05) is 26.3 Å². The molecule has 1 aliphatic rings. The van der Waals surface area contributed by atoms with Gasteiger partial charge in [-0.1, -0.05) is 0 Å². The lowest BCUT2D eigenvalue weighted by atomic mass is 10.2. The normalized spacial score (nSPS) is 20.8. The second-order valence-corrected chi connectivity index (χ2v) is 3.69. The van der Waals surface area contributed by atoms with E-state index in [4.69, 9.17) is 9.47 Å². The molecule has 0 aromatic carbocycles. The smallest absolute Gasteiger partial charge is 0.323 e. The molecule has 1 aliphatic heterocycles. The summed E-state index contributed by atoms with van der Waals surface area (Å²) in [6.07, 6.45) is 1.68. The van der Waals surface area contributed by atoms with Gasteiger partial charge in [-0.15, -0.1) is 0 Å². The summed E-state index contributed by atoms with van der Waals surface area (Å²) in [6.45, 7) is 5.23. The van der Waals surface area contributed by atoms with Gasteiger partial charge in [0.1, 0.15) is 6.04 Å². The zero-order chi connectivity index (χ0) is 12.0. The van der Waals surface area contributed by atoms with E-state index in [0.29, 0.717) is 13.2 Å². The van der Waals surface area contributed by atoms with Crippen molar-refractivity contribution in [2.24, 2.45) is 0 Å². The highest BCUT2D eigenvalue weighted by atomic mass is 16.5. The maximum atomic E-state index is 11.6. The molecule has 0 spiro atoms. The molecule has 5 heteroatoms. The quantitative estimate of drug-likeness (QED) is 0.645. The van der Waals surface area contributed by atoms with E-state index < -0.39 is 0 Å². The third-order valence-corrected chi connectivity index (χ3v) is 2.56. The summed E-state index contributed by atoms with van der Waals surface area (Å²) in [7, 11) is 0. The van der Waals surface area contributed by atoms with E-state index >= 15 is 0 Å². The van der Waals surface area contributed by atoms with Gasteiger partial charge in [-0.25, -0.2) is 0 Å². The van der Waals surface area contributed by atoms with Crippen LogP contribution in [0.3, 0.4) is 0 Å². The molecule has 0 radical (unpaired) electrons. The number of esters is 2. The summed E-state index contributed by atoms with van der Waals surface area (Å²) >= 11 is 0. The maximum Gasteiger partial charge on any atom is 0.323 e. The highest BCUT2D eigenvalue weighted by Crippen LogP contribution is 2.18. The topological polar surface area (TPSA) is 55.8 Å². The molecule has 0 saturated carbocycles. The average Bonchev–Trinajstić information content (AvgIpc) is 2.66. The Balaban J connectivity index is 2.45. The minimum absolute atomic E-state index is 0.178. The predicted molar refractivity (Wildman–Crippen MR) is 57.9 cm³/mol. The molecule has 1 rings (SSSR count). The second kappa shape index (κ2) is 6.48. The van der Waals surface area contributed by atoms with Gasteiger partial charge in [0.2, 0.25) is 0 Å². The van der Waals surface area contributed by atoms with Crippen LogP contribution in [0.1, 0.15) is 26.7 Å². The molecule has 0 N–H and O–H groups in total. The molecule has 1 heterocycles. The Kier molecular flexibility index (Phi) is 5.25. The van der Waals surface area contributed by atoms with Crippen LogP contribution in [0.4, 0.5) is 0 Å². The Morgan fingerprint density at radius 2 is 1.94 bits per heavy atom. The van der Waals surface area contributed by atoms with Crippen LogP contribution in [0.15, 0.2) is 0 Å². The molecule has 1 unspecified atom stereocenters. The van der Waals surface area contributed by atoms with Crippen molar-refractivity contribution in [3.8, 4) is 0 Å². The molecular weight excluding hydrogens is 210 g/mol. The molecular formula is C11H19NO4. The molecule has 16 heavy (non-hydrogen) atoms. The van der Waals surface area contributed by atoms with Crippen LogP contribution in [0.25, 0.3) is 0 Å². The first-order chi connectivity index (χ1) is 7.69. The third kappa shape index (κ3) is 3.48. The fourth-order valence-electron chi connectivity index (χ4n) is 1.89. The Morgan fingerprint density at radius 1 is 1.25 bits per heavy atom. The van der Waals surface area contributed by atoms with Crippen LogP contribution in [0, 0.1) is 0 Å². The summed E-state index contributed by atoms with van der Waals surface area (Å²) in [6, 6.07) is -0.274. The Hall–Kier alpha value is -1.10. The summed E-state index contributed by atoms with van der Waals surface area (Å²) in [5.41, 5.74) is 0. The molecule has 0 aromatic heterocycles. The summed E-state index contributed by atoms with van der Waals surface area (Å²) in [4.78, 5) is 24.7. The van der Waals surface area contributed by atoms with E-state index in [1.807, 2.05) is 4.90 Å². The number of hydrogen-bond acceptors (Lipinski definition) is 5. The van der Waals surface area contributed by atoms with Crippen LogP contribution < -0.4 is 0 Å². The number of ether oxygens (including phenoxy) is 2. The van der Waals surface area contributed by atoms with Crippen molar-refractivity contribution >= 4 is 11.9 Å². The summed E-state index contributed by atoms with van der Waals surface area (Å²) in [5.74, 6) is -0.511. The van der Waals surface area contributed by atoms with Crippen molar-refractivity contribution in [1.82, 2.24) is 4.90 Å². The van der Waals surface area contributed by atoms with E-state index in [-0.39, 0.29) is 24.5 Å². The molecule has 1 saturated heterocycles. The largest absolute Gasteiger partial charge is 0.465 e. The molecule has 0 bridgehead atoms. The number of likely N-dealkylation sites (tertiary alicyclic amines) is 1. The molecule has 92 valence electrons. The van der Waals surface area contributed by atoms with Crippen molar-refractivity contribution < 1.29 is 19.1 Å². The number of nitrogens with zero attached hydrogens (tertiary/aromatic N) is 1. The molecule has 1 fully saturated rings. The van der Waals surface area contributed by atoms with Crippen LogP contribution in [0.5, 0.6) is 0 Å². The van der Waals surface area contributed by atoms with Crippen LogP contribution in [-0.2, 0) is 19.1 Å². The van der Waals surface area contributed by atoms with E-state index in [2.05, 4.69) is 0 Å². The lowest BCUT2D eigenvalue weighted by Gasteiger charge is -2.21. The van der Waals surface area contributed by atoms with Gasteiger partial charge in [-0.2, -0.15) is 0 Å². The van der Waals surface area contributed by atoms with Gasteiger partial charge in [-0.05, 0) is 33.2 Å². The summed E-state index contributed by atoms with van der Waals surface area (Å²) in [5, 5.41) is 0. The van der Waals surface area contributed by atoms with E-state index in [1.165, 1.54) is 0 Å². The first kappa shape index (κ1) is 13.0. The van der Waals surface area contributed by atoms with E-state index in [0.717, 1.165) is 19.4 Å². The van der Waals surface area contributed by atoms with Gasteiger partial charge in [0.25, 0.3) is 0 Å². The number of carbonyl (C=O) groups excluding carboxylic acids is 2. The van der Waals surface area contributed by atoms with Gasteiger partial charge in [0.15, 0.2) is 0 Å². The standard InChI is InChI=1S/C11H19NO4/c1-3-15-10(13)8-12-7-5-6-9(12)11(14)16-4-2/h9H,3-8H2,1-2H3. The minimum atomic E-state index is -0.279. The van der Waals surface area contributed by atoms with Gasteiger partial charge >= 0.3 is 11.9 Å². The summed E-state index contributed by atoms with van der Waals surface area (Å²) < 4.78 is 9.82. The SMILES string of the molecule is CCOC(=O)CN1CCCC1C(=O)OCC. The lowest BCUT2D eigenvalue weighted by Crippen LogP contribution is -2.40. The lowest BCUT2D eigenvalue weighted by molar-refractivity contribution is -0.151. The van der Waals surface area contributed by atoms with Gasteiger partial charge < -0.3 is 9.47 Å². The van der Waals surface area contributed by atoms with Gasteiger partial charge in [0.05, 0.1) is 19.8 Å². The zero-order valence-electron chi connectivity index (χ0n) is 9.90. The molecule has 5 nitrogen and oxygen atoms in total. The van der Waals surface area contributed by atoms with E-state index in [9.17, 15) is 9.59 Å². The molecule has 1 atom stereocenters. The number of hydrogen-bond donors (Lipinski definition) is 0. The van der Waals surface area contributed by atoms with Crippen molar-refractivity contribution in [3.63, 3.8) is 0 Å². The Labute approximate surface area is 95.7 Å². The van der Waals surface area contributed by atoms with Crippen molar-refractivity contribution in [3.05, 3.63) is 0 Å². The first-order valence-electron chi connectivity index (χ1n) is 5.75. The minimum Gasteiger partial charge on any atom is -0.465 e. The van der Waals surface area contributed by atoms with E-state index in [1.54, 1.807) is 13.8 Å². The number of rotatable bonds is 5. The molecule has 0 aliphatic carbocycles. The maximum absolute atomic E-state index is 11.6. The number of carbonyl (C=O) groups is 2. The third-order valence-electron chi connectivity index (χ3n) is 2.56. The highest BCUT2D eigenvalue weighted by molar-refractivity contribution is 5.78. The Bertz CT molecular complexity index is 254. The average molecular weight is 229 g/mol. The predicted octanol–water partition coefficient (Wildman–Crippen LogP) is 0.577. The van der Waals surface area contributed by atoms with Crippen molar-refractivity contribution in [1.29, 1.82) is 0 Å². The monoisotopic (exact) mass is 229 g/mol.